The molecule has 0 aliphatic heterocycles. The summed E-state index contributed by atoms with van der Waals surface area (Å²) in [6.07, 6.45) is 72.4. The second kappa shape index (κ2) is 78.7. The maximum absolute atomic E-state index is 13.1. The number of rotatable bonds is 86. The van der Waals surface area contributed by atoms with E-state index in [4.69, 9.17) is 37.0 Å². The number of carbonyl (C=O) groups excluding carboxylic acids is 4. The lowest BCUT2D eigenvalue weighted by Crippen LogP contribution is -2.30. The van der Waals surface area contributed by atoms with Crippen molar-refractivity contribution in [3.63, 3.8) is 0 Å². The third kappa shape index (κ3) is 79.9. The summed E-state index contributed by atoms with van der Waals surface area (Å²) in [5.41, 5.74) is 0. The molecule has 0 aliphatic rings. The van der Waals surface area contributed by atoms with Gasteiger partial charge in [-0.3, -0.25) is 37.3 Å². The highest BCUT2D eigenvalue weighted by molar-refractivity contribution is 7.47. The molecule has 0 aliphatic carbocycles. The number of aliphatic hydroxyl groups is 1. The second-order valence-corrected chi connectivity index (χ2v) is 34.3. The predicted octanol–water partition coefficient (Wildman–Crippen LogP) is 26.4. The molecule has 0 amide bonds. The first-order chi connectivity index (χ1) is 51.0. The molecule has 0 fully saturated rings. The van der Waals surface area contributed by atoms with Gasteiger partial charge < -0.3 is 33.8 Å². The van der Waals surface area contributed by atoms with Crippen LogP contribution in [0.5, 0.6) is 0 Å². The Hall–Kier alpha value is -1.94. The molecule has 3 N–H and O–H groups in total. The maximum atomic E-state index is 13.1. The van der Waals surface area contributed by atoms with Gasteiger partial charge in [0.1, 0.15) is 19.3 Å². The molecule has 5 atom stereocenters. The summed E-state index contributed by atoms with van der Waals surface area (Å²) in [7, 11) is -9.92. The Morgan fingerprint density at radius 3 is 0.648 bits per heavy atom. The summed E-state index contributed by atoms with van der Waals surface area (Å²) in [5, 5.41) is 10.7. The van der Waals surface area contributed by atoms with Crippen LogP contribution in [0, 0.1) is 5.92 Å². The van der Waals surface area contributed by atoms with Gasteiger partial charge in [0.15, 0.2) is 12.2 Å². The minimum Gasteiger partial charge on any atom is -0.462 e. The lowest BCUT2D eigenvalue weighted by atomic mass is 10.0. The Balaban J connectivity index is 5.18. The van der Waals surface area contributed by atoms with Crippen LogP contribution in [-0.4, -0.2) is 96.7 Å². The average molecular weight is 1540 g/mol. The molecule has 0 bridgehead atoms. The zero-order valence-corrected chi connectivity index (χ0v) is 70.7. The number of carbonyl (C=O) groups is 4. The molecule has 0 aromatic rings. The highest BCUT2D eigenvalue weighted by atomic mass is 31.2. The molecular formula is C86H168O17P2. The van der Waals surface area contributed by atoms with Gasteiger partial charge in [0, 0.05) is 25.7 Å². The van der Waals surface area contributed by atoms with Gasteiger partial charge in [0.05, 0.1) is 26.4 Å². The van der Waals surface area contributed by atoms with Gasteiger partial charge in [-0.25, -0.2) is 9.13 Å². The predicted molar refractivity (Wildman–Crippen MR) is 432 cm³/mol. The maximum Gasteiger partial charge on any atom is 0.472 e. The standard InChI is InChI=1S/C86H168O17P2/c1-6-9-12-15-18-21-23-25-27-29-31-32-33-35-39-44-48-52-57-62-67-72-86(91)103-82(76-97-84(89)70-65-60-55-50-46-42-40-36-37-41-45-49-53-58-63-68-79(4)5)78-101-105(94,95)99-74-80(87)73-98-104(92,93)100-77-81(75-96-83(88)69-64-59-54-20-17-14-11-8-3)102-85(90)71-66-61-56-51-47-43-38-34-30-28-26-24-22-19-16-13-10-7-2/h79-82,87H,6-78H2,1-5H3,(H,92,93)(H,94,95)/t80-,81+,82+/m0/s1. The molecule has 0 radical (unpaired) electrons. The fourth-order valence-electron chi connectivity index (χ4n) is 13.5. The van der Waals surface area contributed by atoms with Crippen LogP contribution < -0.4 is 0 Å². The van der Waals surface area contributed by atoms with E-state index in [1.54, 1.807) is 0 Å². The zero-order valence-electron chi connectivity index (χ0n) is 68.9. The van der Waals surface area contributed by atoms with Crippen molar-refractivity contribution in [1.29, 1.82) is 0 Å². The fourth-order valence-corrected chi connectivity index (χ4v) is 15.1. The summed E-state index contributed by atoms with van der Waals surface area (Å²) in [4.78, 5) is 73.1. The van der Waals surface area contributed by atoms with E-state index >= 15 is 0 Å². The van der Waals surface area contributed by atoms with Crippen LogP contribution in [0.3, 0.4) is 0 Å². The molecule has 0 aromatic carbocycles. The number of unbranched alkanes of at least 4 members (excludes halogenated alkanes) is 58. The highest BCUT2D eigenvalue weighted by Gasteiger charge is 2.30. The number of hydrogen-bond donors (Lipinski definition) is 3. The monoisotopic (exact) mass is 1540 g/mol. The SMILES string of the molecule is CCCCCCCCCCCCCCCCCCCCCCCC(=O)O[C@H](COC(=O)CCCCCCCCCCCCCCCCCC(C)C)COP(=O)(O)OC[C@@H](O)COP(=O)(O)OC[C@@H](COC(=O)CCCCCCCCCC)OC(=O)CCCCCCCCCCCCCCCCCCCC. The Labute approximate surface area is 645 Å². The number of hydrogen-bond acceptors (Lipinski definition) is 15. The molecule has 0 heterocycles. The molecule has 0 rings (SSSR count). The summed E-state index contributed by atoms with van der Waals surface area (Å²) < 4.78 is 68.8. The van der Waals surface area contributed by atoms with Crippen LogP contribution in [0.15, 0.2) is 0 Å². The average Bonchev–Trinajstić information content (AvgIpc) is 0.906. The Bertz CT molecular complexity index is 2000. The van der Waals surface area contributed by atoms with E-state index in [1.807, 2.05) is 0 Å². The van der Waals surface area contributed by atoms with Gasteiger partial charge in [-0.15, -0.1) is 0 Å². The molecule has 0 saturated carbocycles. The molecule has 2 unspecified atom stereocenters. The van der Waals surface area contributed by atoms with Crippen molar-refractivity contribution in [2.24, 2.45) is 5.92 Å². The van der Waals surface area contributed by atoms with E-state index in [0.717, 1.165) is 95.8 Å². The molecule has 19 heteroatoms. The topological polar surface area (TPSA) is 237 Å². The van der Waals surface area contributed by atoms with Crippen molar-refractivity contribution >= 4 is 39.5 Å². The molecule has 0 spiro atoms. The summed E-state index contributed by atoms with van der Waals surface area (Å²) in [6.45, 7) is 7.37. The van der Waals surface area contributed by atoms with Gasteiger partial charge in [-0.05, 0) is 31.6 Å². The molecule has 0 saturated heterocycles. The smallest absolute Gasteiger partial charge is 0.462 e. The number of phosphoric acid groups is 2. The largest absolute Gasteiger partial charge is 0.472 e. The van der Waals surface area contributed by atoms with Crippen LogP contribution in [-0.2, 0) is 65.4 Å². The first kappa shape index (κ1) is 103. The Morgan fingerprint density at radius 2 is 0.438 bits per heavy atom. The quantitative estimate of drug-likeness (QED) is 0.0222. The minimum absolute atomic E-state index is 0.109. The van der Waals surface area contributed by atoms with E-state index in [-0.39, 0.29) is 25.7 Å². The number of ether oxygens (including phenoxy) is 4. The Kier molecular flexibility index (Phi) is 77.3. The fraction of sp³-hybridized carbons (Fsp3) is 0.953. The summed E-state index contributed by atoms with van der Waals surface area (Å²) in [5.74, 6) is -1.30. The van der Waals surface area contributed by atoms with Crippen LogP contribution in [0.25, 0.3) is 0 Å². The van der Waals surface area contributed by atoms with E-state index < -0.39 is 97.5 Å². The van der Waals surface area contributed by atoms with Crippen molar-refractivity contribution in [2.45, 2.75) is 483 Å². The highest BCUT2D eigenvalue weighted by Crippen LogP contribution is 2.45. The van der Waals surface area contributed by atoms with Gasteiger partial charge in [-0.1, -0.05) is 413 Å². The lowest BCUT2D eigenvalue weighted by molar-refractivity contribution is -0.161. The normalized spacial score (nSPS) is 13.8. The van der Waals surface area contributed by atoms with Crippen molar-refractivity contribution < 1.29 is 80.2 Å². The van der Waals surface area contributed by atoms with Crippen molar-refractivity contribution in [3.05, 3.63) is 0 Å². The van der Waals surface area contributed by atoms with E-state index in [9.17, 15) is 43.2 Å². The van der Waals surface area contributed by atoms with Gasteiger partial charge >= 0.3 is 39.5 Å². The minimum atomic E-state index is -4.96. The first-order valence-corrected chi connectivity index (χ1v) is 47.6. The third-order valence-corrected chi connectivity index (χ3v) is 22.2. The molecule has 624 valence electrons. The number of phosphoric ester groups is 2. The Morgan fingerprint density at radius 1 is 0.257 bits per heavy atom. The molecular weight excluding hydrogens is 1370 g/mol. The third-order valence-electron chi connectivity index (χ3n) is 20.3. The van der Waals surface area contributed by atoms with Gasteiger partial charge in [0.2, 0.25) is 0 Å². The molecule has 17 nitrogen and oxygen atoms in total. The van der Waals surface area contributed by atoms with Crippen LogP contribution in [0.4, 0.5) is 0 Å². The molecule has 0 aromatic heterocycles. The lowest BCUT2D eigenvalue weighted by Gasteiger charge is -2.21. The van der Waals surface area contributed by atoms with Crippen LogP contribution >= 0.6 is 15.6 Å². The first-order valence-electron chi connectivity index (χ1n) is 44.6. The van der Waals surface area contributed by atoms with Crippen molar-refractivity contribution in [3.8, 4) is 0 Å². The van der Waals surface area contributed by atoms with Crippen molar-refractivity contribution in [1.82, 2.24) is 0 Å². The number of aliphatic hydroxyl groups excluding tert-OH is 1. The second-order valence-electron chi connectivity index (χ2n) is 31.4. The molecule has 105 heavy (non-hydrogen) atoms. The van der Waals surface area contributed by atoms with Crippen molar-refractivity contribution in [2.75, 3.05) is 39.6 Å². The zero-order chi connectivity index (χ0) is 76.9. The number of esters is 4. The summed E-state index contributed by atoms with van der Waals surface area (Å²) >= 11 is 0. The van der Waals surface area contributed by atoms with Gasteiger partial charge in [-0.2, -0.15) is 0 Å². The van der Waals surface area contributed by atoms with E-state index in [1.165, 1.54) is 289 Å². The van der Waals surface area contributed by atoms with E-state index in [2.05, 4.69) is 34.6 Å². The van der Waals surface area contributed by atoms with E-state index in [0.29, 0.717) is 25.7 Å². The summed E-state index contributed by atoms with van der Waals surface area (Å²) in [6, 6.07) is 0. The van der Waals surface area contributed by atoms with Crippen LogP contribution in [0.2, 0.25) is 0 Å². The van der Waals surface area contributed by atoms with Crippen LogP contribution in [0.1, 0.15) is 465 Å². The van der Waals surface area contributed by atoms with Gasteiger partial charge in [0.25, 0.3) is 0 Å².